The Balaban J connectivity index is 0.00000364. The number of carbonyl (C=O) groups excluding carboxylic acids is 1. The molecule has 0 bridgehead atoms. The molecule has 7 nitrogen and oxygen atoms in total. The van der Waals surface area contributed by atoms with E-state index < -0.39 is 5.91 Å². The van der Waals surface area contributed by atoms with Crippen LogP contribution in [-0.2, 0) is 6.54 Å². The van der Waals surface area contributed by atoms with Gasteiger partial charge in [0, 0.05) is 13.6 Å². The Kier molecular flexibility index (Phi) is 9.62. The molecule has 27 heavy (non-hydrogen) atoms. The number of nitrogens with one attached hydrogen (secondary N) is 1. The molecule has 1 amide bonds. The van der Waals surface area contributed by atoms with E-state index in [1.165, 1.54) is 18.2 Å². The third kappa shape index (κ3) is 7.45. The van der Waals surface area contributed by atoms with Gasteiger partial charge in [0.05, 0.1) is 6.54 Å². The fourth-order valence-corrected chi connectivity index (χ4v) is 2.15. The van der Waals surface area contributed by atoms with Crippen molar-refractivity contribution in [3.05, 3.63) is 53.7 Å². The largest absolute Gasteiger partial charge is 0.492 e. The number of ether oxygens (including phenoxy) is 1. The van der Waals surface area contributed by atoms with E-state index in [1.54, 1.807) is 18.2 Å². The van der Waals surface area contributed by atoms with Crippen LogP contribution in [0.3, 0.4) is 0 Å². The van der Waals surface area contributed by atoms with Gasteiger partial charge in [-0.2, -0.15) is 0 Å². The molecule has 3 N–H and O–H groups in total. The Morgan fingerprint density at radius 1 is 1.30 bits per heavy atom. The van der Waals surface area contributed by atoms with Gasteiger partial charge in [0.25, 0.3) is 5.91 Å². The molecular weight excluding hydrogens is 466 g/mol. The summed E-state index contributed by atoms with van der Waals surface area (Å²) in [6.45, 7) is 3.94. The van der Waals surface area contributed by atoms with Crippen molar-refractivity contribution in [1.29, 1.82) is 0 Å². The maximum Gasteiger partial charge on any atom is 0.284 e. The molecule has 0 aliphatic rings. The molecule has 0 spiro atoms. The number of hydrogen-bond acceptors (Lipinski definition) is 4. The Bertz CT molecular complexity index is 749. The van der Waals surface area contributed by atoms with Gasteiger partial charge in [-0.3, -0.25) is 4.79 Å². The van der Waals surface area contributed by atoms with E-state index in [0.717, 1.165) is 0 Å². The van der Waals surface area contributed by atoms with Crippen LogP contribution >= 0.6 is 24.0 Å². The molecule has 0 saturated carbocycles. The smallest absolute Gasteiger partial charge is 0.284 e. The number of amides is 1. The molecule has 2 rings (SSSR count). The third-order valence-electron chi connectivity index (χ3n) is 3.49. The summed E-state index contributed by atoms with van der Waals surface area (Å²) in [5.74, 6) is 1.03. The van der Waals surface area contributed by atoms with Crippen molar-refractivity contribution in [3.8, 4) is 5.75 Å². The van der Waals surface area contributed by atoms with Crippen molar-refractivity contribution < 1.29 is 18.3 Å². The Labute approximate surface area is 174 Å². The van der Waals surface area contributed by atoms with Gasteiger partial charge in [-0.15, -0.1) is 24.0 Å². The van der Waals surface area contributed by atoms with Crippen LogP contribution in [0.25, 0.3) is 0 Å². The minimum Gasteiger partial charge on any atom is -0.492 e. The van der Waals surface area contributed by atoms with Crippen LogP contribution in [0.2, 0.25) is 0 Å². The van der Waals surface area contributed by atoms with Crippen molar-refractivity contribution in [1.82, 2.24) is 10.2 Å². The quantitative estimate of drug-likeness (QED) is 0.337. The lowest BCUT2D eigenvalue weighted by molar-refractivity contribution is 0.0972. The van der Waals surface area contributed by atoms with E-state index in [-0.39, 0.29) is 42.1 Å². The van der Waals surface area contributed by atoms with Gasteiger partial charge in [-0.05, 0) is 43.3 Å². The lowest BCUT2D eigenvalue weighted by atomic mass is 10.3. The van der Waals surface area contributed by atoms with E-state index in [0.29, 0.717) is 37.2 Å². The fraction of sp³-hybridized carbons (Fsp3) is 0.333. The summed E-state index contributed by atoms with van der Waals surface area (Å²) in [7, 11) is 1.88. The molecule has 9 heteroatoms. The molecule has 0 saturated heterocycles. The van der Waals surface area contributed by atoms with Crippen LogP contribution in [0.1, 0.15) is 23.2 Å². The molecule has 148 valence electrons. The van der Waals surface area contributed by atoms with E-state index in [1.807, 2.05) is 18.9 Å². The number of halogens is 2. The number of furan rings is 1. The summed E-state index contributed by atoms with van der Waals surface area (Å²) < 4.78 is 23.8. The van der Waals surface area contributed by atoms with Gasteiger partial charge < -0.3 is 25.1 Å². The van der Waals surface area contributed by atoms with Gasteiger partial charge in [0.2, 0.25) is 0 Å². The van der Waals surface area contributed by atoms with Gasteiger partial charge in [0.1, 0.15) is 30.5 Å². The second-order valence-corrected chi connectivity index (χ2v) is 5.52. The summed E-state index contributed by atoms with van der Waals surface area (Å²) in [5.41, 5.74) is 5.17. The first-order chi connectivity index (χ1) is 12.5. The third-order valence-corrected chi connectivity index (χ3v) is 3.49. The number of carbonyl (C=O) groups is 1. The number of rotatable bonds is 8. The highest BCUT2D eigenvalue weighted by molar-refractivity contribution is 14.0. The number of nitrogens with zero attached hydrogens (tertiary/aromatic N) is 2. The molecule has 2 aromatic rings. The second-order valence-electron chi connectivity index (χ2n) is 5.52. The topological polar surface area (TPSA) is 93.1 Å². The Hall–Kier alpha value is -2.30. The zero-order chi connectivity index (χ0) is 18.9. The van der Waals surface area contributed by atoms with Crippen molar-refractivity contribution in [2.75, 3.05) is 26.7 Å². The number of aliphatic imine (C=N–C) groups is 1. The molecule has 1 aromatic carbocycles. The van der Waals surface area contributed by atoms with E-state index >= 15 is 0 Å². The maximum atomic E-state index is 12.9. The highest BCUT2D eigenvalue weighted by Crippen LogP contribution is 2.11. The SMILES string of the molecule is CCNC(=NCc1ccc(C(N)=O)o1)N(C)CCOc1ccc(F)cc1.I. The second kappa shape index (κ2) is 11.4. The van der Waals surface area contributed by atoms with Crippen molar-refractivity contribution >= 4 is 35.8 Å². The van der Waals surface area contributed by atoms with Gasteiger partial charge in [0.15, 0.2) is 11.7 Å². The van der Waals surface area contributed by atoms with Crippen LogP contribution in [0.5, 0.6) is 5.75 Å². The zero-order valence-corrected chi connectivity index (χ0v) is 17.6. The summed E-state index contributed by atoms with van der Waals surface area (Å²) >= 11 is 0. The van der Waals surface area contributed by atoms with Crippen molar-refractivity contribution in [2.24, 2.45) is 10.7 Å². The standard InChI is InChI=1S/C18H23FN4O3.HI/c1-3-21-18(22-12-15-8-9-16(26-15)17(20)24)23(2)10-11-25-14-6-4-13(19)5-7-14;/h4-9H,3,10-12H2,1-2H3,(H2,20,24)(H,21,22);1H. The average Bonchev–Trinajstić information content (AvgIpc) is 3.09. The summed E-state index contributed by atoms with van der Waals surface area (Å²) in [6, 6.07) is 9.08. The number of primary amides is 1. The van der Waals surface area contributed by atoms with Crippen LogP contribution in [0.15, 0.2) is 45.8 Å². The van der Waals surface area contributed by atoms with E-state index in [9.17, 15) is 9.18 Å². The summed E-state index contributed by atoms with van der Waals surface area (Å²) in [4.78, 5) is 17.4. The average molecular weight is 490 g/mol. The van der Waals surface area contributed by atoms with Crippen LogP contribution in [0, 0.1) is 5.82 Å². The first-order valence-electron chi connectivity index (χ1n) is 8.26. The minimum atomic E-state index is -0.609. The predicted octanol–water partition coefficient (Wildman–Crippen LogP) is 2.61. The lowest BCUT2D eigenvalue weighted by Crippen LogP contribution is -2.40. The Morgan fingerprint density at radius 3 is 2.59 bits per heavy atom. The maximum absolute atomic E-state index is 12.9. The van der Waals surface area contributed by atoms with Gasteiger partial charge >= 0.3 is 0 Å². The van der Waals surface area contributed by atoms with Gasteiger partial charge in [-0.1, -0.05) is 0 Å². The molecular formula is C18H24FIN4O3. The molecule has 0 radical (unpaired) electrons. The summed E-state index contributed by atoms with van der Waals surface area (Å²) in [6.07, 6.45) is 0. The molecule has 1 aromatic heterocycles. The number of guanidine groups is 1. The Morgan fingerprint density at radius 2 is 2.00 bits per heavy atom. The normalized spacial score (nSPS) is 10.9. The number of hydrogen-bond donors (Lipinski definition) is 2. The van der Waals surface area contributed by atoms with Crippen LogP contribution < -0.4 is 15.8 Å². The molecule has 0 fully saturated rings. The number of likely N-dealkylation sites (N-methyl/N-ethyl adjacent to an activating group) is 1. The van der Waals surface area contributed by atoms with E-state index in [2.05, 4.69) is 10.3 Å². The highest BCUT2D eigenvalue weighted by Gasteiger charge is 2.09. The fourth-order valence-electron chi connectivity index (χ4n) is 2.15. The number of nitrogens with two attached hydrogens (primary N) is 1. The highest BCUT2D eigenvalue weighted by atomic mass is 127. The first kappa shape index (κ1) is 22.7. The predicted molar refractivity (Wildman–Crippen MR) is 112 cm³/mol. The minimum absolute atomic E-state index is 0. The van der Waals surface area contributed by atoms with Crippen LogP contribution in [-0.4, -0.2) is 43.5 Å². The lowest BCUT2D eigenvalue weighted by Gasteiger charge is -2.22. The molecule has 0 aliphatic carbocycles. The number of benzene rings is 1. The molecule has 1 heterocycles. The van der Waals surface area contributed by atoms with Gasteiger partial charge in [-0.25, -0.2) is 9.38 Å². The van der Waals surface area contributed by atoms with E-state index in [4.69, 9.17) is 14.9 Å². The van der Waals surface area contributed by atoms with Crippen LogP contribution in [0.4, 0.5) is 4.39 Å². The molecule has 0 unspecified atom stereocenters. The molecule has 0 aliphatic heterocycles. The summed E-state index contributed by atoms with van der Waals surface area (Å²) in [5, 5.41) is 3.18. The van der Waals surface area contributed by atoms with Crippen molar-refractivity contribution in [3.63, 3.8) is 0 Å². The first-order valence-corrected chi connectivity index (χ1v) is 8.26. The molecule has 0 atom stereocenters. The monoisotopic (exact) mass is 490 g/mol. The zero-order valence-electron chi connectivity index (χ0n) is 15.3. The van der Waals surface area contributed by atoms with Crippen molar-refractivity contribution in [2.45, 2.75) is 13.5 Å².